The summed E-state index contributed by atoms with van der Waals surface area (Å²) in [5, 5.41) is 0. The van der Waals surface area contributed by atoms with Crippen LogP contribution in [-0.2, 0) is 4.74 Å². The summed E-state index contributed by atoms with van der Waals surface area (Å²) in [6.45, 7) is 3.64. The molecule has 1 aliphatic rings. The van der Waals surface area contributed by atoms with Gasteiger partial charge in [-0.25, -0.2) is 9.69 Å². The third-order valence-corrected chi connectivity index (χ3v) is 2.63. The first-order chi connectivity index (χ1) is 7.74. The van der Waals surface area contributed by atoms with Crippen LogP contribution in [0.4, 0.5) is 4.79 Å². The molecule has 3 nitrogen and oxygen atoms in total. The van der Waals surface area contributed by atoms with E-state index < -0.39 is 0 Å². The molecule has 0 radical (unpaired) electrons. The maximum atomic E-state index is 11.6. The van der Waals surface area contributed by atoms with E-state index in [2.05, 4.69) is 12.0 Å². The molecule has 16 heavy (non-hydrogen) atoms. The first-order valence-electron chi connectivity index (χ1n) is 5.21. The summed E-state index contributed by atoms with van der Waals surface area (Å²) in [5.41, 5.74) is 1.00. The molecule has 0 aliphatic carbocycles. The fourth-order valence-corrected chi connectivity index (χ4v) is 1.82. The molecule has 82 valence electrons. The van der Waals surface area contributed by atoms with Crippen molar-refractivity contribution in [2.45, 2.75) is 26.0 Å². The van der Waals surface area contributed by atoms with Crippen LogP contribution in [0.15, 0.2) is 30.3 Å². The summed E-state index contributed by atoms with van der Waals surface area (Å²) < 4.78 is 5.31. The average Bonchev–Trinajstić information content (AvgIpc) is 2.59. The number of benzene rings is 1. The number of carbonyl (C=O) groups excluding carboxylic acids is 1. The third kappa shape index (κ3) is 1.74. The van der Waals surface area contributed by atoms with Crippen molar-refractivity contribution in [3.8, 4) is 12.0 Å². The quantitative estimate of drug-likeness (QED) is 0.674. The van der Waals surface area contributed by atoms with Crippen molar-refractivity contribution < 1.29 is 9.53 Å². The lowest BCUT2D eigenvalue weighted by molar-refractivity contribution is 0.132. The molecule has 0 unspecified atom stereocenters. The van der Waals surface area contributed by atoms with Gasteiger partial charge in [0.05, 0.1) is 6.04 Å². The van der Waals surface area contributed by atoms with Crippen LogP contribution in [0.3, 0.4) is 0 Å². The molecule has 0 N–H and O–H groups in total. The summed E-state index contributed by atoms with van der Waals surface area (Å²) in [6.07, 6.45) is -0.592. The van der Waals surface area contributed by atoms with Crippen LogP contribution < -0.4 is 0 Å². The van der Waals surface area contributed by atoms with Gasteiger partial charge >= 0.3 is 6.09 Å². The summed E-state index contributed by atoms with van der Waals surface area (Å²) >= 11 is 0. The van der Waals surface area contributed by atoms with E-state index in [4.69, 9.17) is 4.74 Å². The van der Waals surface area contributed by atoms with Gasteiger partial charge in [0.25, 0.3) is 0 Å². The summed E-state index contributed by atoms with van der Waals surface area (Å²) in [4.78, 5) is 13.0. The Morgan fingerprint density at radius 1 is 1.31 bits per heavy atom. The Morgan fingerprint density at radius 3 is 2.62 bits per heavy atom. The van der Waals surface area contributed by atoms with E-state index in [0.717, 1.165) is 5.56 Å². The molecule has 1 aliphatic heterocycles. The fourth-order valence-electron chi connectivity index (χ4n) is 1.82. The smallest absolute Gasteiger partial charge is 0.422 e. The first-order valence-corrected chi connectivity index (χ1v) is 5.21. The molecular formula is C13H13NO2. The number of rotatable bonds is 1. The molecule has 0 aromatic heterocycles. The van der Waals surface area contributed by atoms with Gasteiger partial charge in [0.2, 0.25) is 0 Å². The van der Waals surface area contributed by atoms with E-state index in [-0.39, 0.29) is 18.2 Å². The maximum Gasteiger partial charge on any atom is 0.422 e. The van der Waals surface area contributed by atoms with E-state index in [9.17, 15) is 4.79 Å². The highest BCUT2D eigenvalue weighted by molar-refractivity contribution is 5.73. The minimum Gasteiger partial charge on any atom is -0.438 e. The van der Waals surface area contributed by atoms with Gasteiger partial charge in [-0.1, -0.05) is 36.3 Å². The van der Waals surface area contributed by atoms with Crippen LogP contribution in [0.5, 0.6) is 0 Å². The predicted molar refractivity (Wildman–Crippen MR) is 60.4 cm³/mol. The molecule has 1 saturated heterocycles. The van der Waals surface area contributed by atoms with E-state index >= 15 is 0 Å². The Morgan fingerprint density at radius 2 is 2.00 bits per heavy atom. The van der Waals surface area contributed by atoms with Crippen LogP contribution in [-0.4, -0.2) is 17.0 Å². The van der Waals surface area contributed by atoms with Gasteiger partial charge in [0.1, 0.15) is 0 Å². The molecule has 1 aromatic carbocycles. The zero-order chi connectivity index (χ0) is 11.5. The Kier molecular flexibility index (Phi) is 2.82. The van der Waals surface area contributed by atoms with Crippen molar-refractivity contribution in [3.05, 3.63) is 35.9 Å². The van der Waals surface area contributed by atoms with Gasteiger partial charge in [0.15, 0.2) is 6.10 Å². The van der Waals surface area contributed by atoms with E-state index in [1.807, 2.05) is 37.3 Å². The van der Waals surface area contributed by atoms with Crippen molar-refractivity contribution in [3.63, 3.8) is 0 Å². The third-order valence-electron chi connectivity index (χ3n) is 2.63. The molecule has 1 fully saturated rings. The summed E-state index contributed by atoms with van der Waals surface area (Å²) in [5.74, 6) is 2.72. The van der Waals surface area contributed by atoms with E-state index in [1.165, 1.54) is 4.90 Å². The summed E-state index contributed by atoms with van der Waals surface area (Å²) in [7, 11) is 0. The molecule has 1 aromatic rings. The molecule has 3 heteroatoms. The number of amides is 1. The lowest BCUT2D eigenvalue weighted by atomic mass is 10.0. The number of hydrogen-bond acceptors (Lipinski definition) is 2. The topological polar surface area (TPSA) is 29.5 Å². The Balaban J connectivity index is 2.26. The van der Waals surface area contributed by atoms with Gasteiger partial charge in [-0.2, -0.15) is 0 Å². The monoisotopic (exact) mass is 215 g/mol. The zero-order valence-corrected chi connectivity index (χ0v) is 9.31. The van der Waals surface area contributed by atoms with Crippen molar-refractivity contribution in [1.29, 1.82) is 0 Å². The van der Waals surface area contributed by atoms with Crippen LogP contribution in [0.2, 0.25) is 0 Å². The maximum absolute atomic E-state index is 11.6. The molecule has 2 rings (SSSR count). The van der Waals surface area contributed by atoms with Gasteiger partial charge < -0.3 is 4.74 Å². The minimum atomic E-state index is -0.365. The minimum absolute atomic E-state index is 0.0534. The van der Waals surface area contributed by atoms with Crippen molar-refractivity contribution in [1.82, 2.24) is 4.90 Å². The molecule has 1 amide bonds. The largest absolute Gasteiger partial charge is 0.438 e. The zero-order valence-electron chi connectivity index (χ0n) is 9.31. The molecule has 0 bridgehead atoms. The standard InChI is InChI=1S/C13H13NO2/c1-3-9-14-10(2)12(16-13(14)15)11-7-5-4-6-8-11/h4-8,10,12H,1-2H3/t10-,12-/m1/s1. The van der Waals surface area contributed by atoms with E-state index in [0.29, 0.717) is 0 Å². The second kappa shape index (κ2) is 4.28. The number of nitrogens with zero attached hydrogens (tertiary/aromatic N) is 1. The Bertz CT molecular complexity index is 444. The van der Waals surface area contributed by atoms with Gasteiger partial charge in [-0.15, -0.1) is 0 Å². The molecule has 2 atom stereocenters. The highest BCUT2D eigenvalue weighted by Gasteiger charge is 2.38. The number of ether oxygens (including phenoxy) is 1. The Hall–Kier alpha value is -1.95. The SMILES string of the molecule is CC#CN1C(=O)O[C@@H](c2ccccc2)[C@H]1C. The van der Waals surface area contributed by atoms with Crippen LogP contribution in [0.1, 0.15) is 25.5 Å². The second-order valence-corrected chi connectivity index (χ2v) is 3.69. The lowest BCUT2D eigenvalue weighted by Gasteiger charge is -2.15. The second-order valence-electron chi connectivity index (χ2n) is 3.69. The van der Waals surface area contributed by atoms with Gasteiger partial charge in [-0.05, 0) is 19.4 Å². The Labute approximate surface area is 95.0 Å². The highest BCUT2D eigenvalue weighted by atomic mass is 16.6. The first kappa shape index (κ1) is 10.6. The van der Waals surface area contributed by atoms with Crippen molar-refractivity contribution in [2.75, 3.05) is 0 Å². The van der Waals surface area contributed by atoms with Crippen molar-refractivity contribution in [2.24, 2.45) is 0 Å². The molecular weight excluding hydrogens is 202 g/mol. The van der Waals surface area contributed by atoms with E-state index in [1.54, 1.807) is 6.92 Å². The highest BCUT2D eigenvalue weighted by Crippen LogP contribution is 2.31. The fraction of sp³-hybridized carbons (Fsp3) is 0.308. The lowest BCUT2D eigenvalue weighted by Crippen LogP contribution is -2.27. The normalized spacial score (nSPS) is 23.6. The van der Waals surface area contributed by atoms with Crippen LogP contribution >= 0.6 is 0 Å². The average molecular weight is 215 g/mol. The number of cyclic esters (lactones) is 1. The van der Waals surface area contributed by atoms with Crippen LogP contribution in [0.25, 0.3) is 0 Å². The number of hydrogen-bond donors (Lipinski definition) is 0. The predicted octanol–water partition coefficient (Wildman–Crippen LogP) is 2.55. The molecule has 0 saturated carbocycles. The summed E-state index contributed by atoms with van der Waals surface area (Å²) in [6, 6.07) is 12.4. The van der Waals surface area contributed by atoms with Crippen molar-refractivity contribution >= 4 is 6.09 Å². The molecule has 1 heterocycles. The van der Waals surface area contributed by atoms with Crippen LogP contribution in [0, 0.1) is 12.0 Å². The molecule has 0 spiro atoms. The van der Waals surface area contributed by atoms with Gasteiger partial charge in [0, 0.05) is 6.04 Å². The van der Waals surface area contributed by atoms with Gasteiger partial charge in [-0.3, -0.25) is 0 Å². The number of carbonyl (C=O) groups is 1.